The predicted molar refractivity (Wildman–Crippen MR) is 85.4 cm³/mol. The van der Waals surface area contributed by atoms with Crippen LogP contribution >= 0.6 is 0 Å². The van der Waals surface area contributed by atoms with E-state index in [1.165, 1.54) is 10.8 Å². The van der Waals surface area contributed by atoms with Crippen LogP contribution in [0.4, 0.5) is 0 Å². The number of ether oxygens (including phenoxy) is 1. The van der Waals surface area contributed by atoms with E-state index in [1.807, 2.05) is 42.5 Å². The second-order valence-electron chi connectivity index (χ2n) is 5.18. The maximum absolute atomic E-state index is 9.62. The van der Waals surface area contributed by atoms with Crippen molar-refractivity contribution in [2.45, 2.75) is 19.6 Å². The van der Waals surface area contributed by atoms with Gasteiger partial charge < -0.3 is 9.84 Å². The Balaban J connectivity index is 1.82. The first-order valence-electron chi connectivity index (χ1n) is 7.11. The summed E-state index contributed by atoms with van der Waals surface area (Å²) in [7, 11) is 0. The summed E-state index contributed by atoms with van der Waals surface area (Å²) in [4.78, 5) is 0. The van der Waals surface area contributed by atoms with Crippen molar-refractivity contribution in [1.29, 1.82) is 0 Å². The Labute approximate surface area is 124 Å². The Kier molecular flexibility index (Phi) is 3.89. The lowest BCUT2D eigenvalue weighted by molar-refractivity contribution is 0.198. The van der Waals surface area contributed by atoms with Crippen LogP contribution in [0, 0.1) is 0 Å². The third-order valence-electron chi connectivity index (χ3n) is 3.61. The SMILES string of the molecule is CC(O)c1cccc(OCc2cccc3ccccc23)c1. The monoisotopic (exact) mass is 278 g/mol. The molecule has 2 nitrogen and oxygen atoms in total. The zero-order valence-electron chi connectivity index (χ0n) is 12.0. The molecule has 21 heavy (non-hydrogen) atoms. The fourth-order valence-corrected chi connectivity index (χ4v) is 2.44. The van der Waals surface area contributed by atoms with Crippen molar-refractivity contribution in [3.63, 3.8) is 0 Å². The second kappa shape index (κ2) is 5.98. The molecular weight excluding hydrogens is 260 g/mol. The van der Waals surface area contributed by atoms with Gasteiger partial charge >= 0.3 is 0 Å². The Hall–Kier alpha value is -2.32. The van der Waals surface area contributed by atoms with Gasteiger partial charge in [0, 0.05) is 0 Å². The van der Waals surface area contributed by atoms with Gasteiger partial charge in [0.15, 0.2) is 0 Å². The van der Waals surface area contributed by atoms with Crippen LogP contribution < -0.4 is 4.74 Å². The minimum Gasteiger partial charge on any atom is -0.489 e. The van der Waals surface area contributed by atoms with Gasteiger partial charge in [0.2, 0.25) is 0 Å². The normalized spacial score (nSPS) is 12.3. The van der Waals surface area contributed by atoms with Crippen LogP contribution in [0.25, 0.3) is 10.8 Å². The summed E-state index contributed by atoms with van der Waals surface area (Å²) in [5.41, 5.74) is 2.03. The zero-order chi connectivity index (χ0) is 14.7. The summed E-state index contributed by atoms with van der Waals surface area (Å²) < 4.78 is 5.88. The number of rotatable bonds is 4. The van der Waals surface area contributed by atoms with Crippen molar-refractivity contribution in [2.24, 2.45) is 0 Å². The third-order valence-corrected chi connectivity index (χ3v) is 3.61. The van der Waals surface area contributed by atoms with Crippen molar-refractivity contribution in [3.05, 3.63) is 77.9 Å². The molecule has 1 atom stereocenters. The summed E-state index contributed by atoms with van der Waals surface area (Å²) in [6.07, 6.45) is -0.480. The first kappa shape index (κ1) is 13.7. The van der Waals surface area contributed by atoms with Gasteiger partial charge in [0.05, 0.1) is 6.10 Å². The lowest BCUT2D eigenvalue weighted by atomic mass is 10.1. The van der Waals surface area contributed by atoms with Gasteiger partial charge in [0.1, 0.15) is 12.4 Å². The van der Waals surface area contributed by atoms with Crippen molar-refractivity contribution >= 4 is 10.8 Å². The smallest absolute Gasteiger partial charge is 0.120 e. The molecule has 0 aliphatic heterocycles. The molecule has 0 aliphatic carbocycles. The van der Waals surface area contributed by atoms with Gasteiger partial charge in [-0.25, -0.2) is 0 Å². The molecule has 0 fully saturated rings. The van der Waals surface area contributed by atoms with Crippen LogP contribution in [0.1, 0.15) is 24.2 Å². The highest BCUT2D eigenvalue weighted by Gasteiger charge is 2.04. The largest absolute Gasteiger partial charge is 0.489 e. The van der Waals surface area contributed by atoms with Crippen LogP contribution in [0.5, 0.6) is 5.75 Å². The standard InChI is InChI=1S/C19H18O2/c1-14(20)16-8-5-10-18(12-16)21-13-17-9-4-7-15-6-2-3-11-19(15)17/h2-12,14,20H,13H2,1H3. The molecule has 2 heteroatoms. The molecule has 0 heterocycles. The zero-order valence-corrected chi connectivity index (χ0v) is 12.0. The highest BCUT2D eigenvalue weighted by molar-refractivity contribution is 5.85. The molecule has 1 N–H and O–H groups in total. The molecule has 3 rings (SSSR count). The summed E-state index contributed by atoms with van der Waals surface area (Å²) in [6, 6.07) is 22.1. The molecule has 0 aromatic heterocycles. The van der Waals surface area contributed by atoms with Crippen molar-refractivity contribution < 1.29 is 9.84 Å². The Bertz CT molecular complexity index is 742. The van der Waals surface area contributed by atoms with Crippen LogP contribution in [-0.2, 0) is 6.61 Å². The molecule has 0 saturated heterocycles. The number of aliphatic hydroxyl groups excluding tert-OH is 1. The molecule has 1 unspecified atom stereocenters. The summed E-state index contributed by atoms with van der Waals surface area (Å²) in [5, 5.41) is 12.1. The van der Waals surface area contributed by atoms with Crippen molar-refractivity contribution in [3.8, 4) is 5.75 Å². The summed E-state index contributed by atoms with van der Waals surface area (Å²) in [6.45, 7) is 2.27. The Morgan fingerprint density at radius 3 is 2.57 bits per heavy atom. The summed E-state index contributed by atoms with van der Waals surface area (Å²) in [5.74, 6) is 0.779. The van der Waals surface area contributed by atoms with Crippen LogP contribution in [0.2, 0.25) is 0 Å². The van der Waals surface area contributed by atoms with E-state index in [0.29, 0.717) is 6.61 Å². The molecule has 3 aromatic carbocycles. The number of fused-ring (bicyclic) bond motifs is 1. The molecular formula is C19H18O2. The molecule has 0 radical (unpaired) electrons. The van der Waals surface area contributed by atoms with E-state index in [9.17, 15) is 5.11 Å². The first-order chi connectivity index (χ1) is 10.2. The van der Waals surface area contributed by atoms with Gasteiger partial charge in [-0.1, -0.05) is 54.6 Å². The maximum Gasteiger partial charge on any atom is 0.120 e. The fourth-order valence-electron chi connectivity index (χ4n) is 2.44. The molecule has 0 saturated carbocycles. The van der Waals surface area contributed by atoms with E-state index >= 15 is 0 Å². The van der Waals surface area contributed by atoms with E-state index < -0.39 is 6.10 Å². The van der Waals surface area contributed by atoms with Crippen LogP contribution in [0.15, 0.2) is 66.7 Å². The number of hydrogen-bond donors (Lipinski definition) is 1. The topological polar surface area (TPSA) is 29.5 Å². The molecule has 106 valence electrons. The van der Waals surface area contributed by atoms with Gasteiger partial charge in [0.25, 0.3) is 0 Å². The van der Waals surface area contributed by atoms with E-state index in [2.05, 4.69) is 24.3 Å². The predicted octanol–water partition coefficient (Wildman–Crippen LogP) is 4.47. The van der Waals surface area contributed by atoms with Gasteiger partial charge in [-0.3, -0.25) is 0 Å². The van der Waals surface area contributed by atoms with E-state index in [0.717, 1.165) is 16.9 Å². The molecule has 0 amide bonds. The number of benzene rings is 3. The minimum atomic E-state index is -0.480. The second-order valence-corrected chi connectivity index (χ2v) is 5.18. The molecule has 0 aliphatic rings. The van der Waals surface area contributed by atoms with Crippen molar-refractivity contribution in [2.75, 3.05) is 0 Å². The van der Waals surface area contributed by atoms with Crippen molar-refractivity contribution in [1.82, 2.24) is 0 Å². The van der Waals surface area contributed by atoms with Gasteiger partial charge in [-0.05, 0) is 41.0 Å². The van der Waals surface area contributed by atoms with Crippen LogP contribution in [-0.4, -0.2) is 5.11 Å². The third kappa shape index (κ3) is 3.06. The molecule has 0 spiro atoms. The molecule has 3 aromatic rings. The number of aliphatic hydroxyl groups is 1. The van der Waals surface area contributed by atoms with E-state index in [-0.39, 0.29) is 0 Å². The summed E-state index contributed by atoms with van der Waals surface area (Å²) >= 11 is 0. The maximum atomic E-state index is 9.62. The fraction of sp³-hybridized carbons (Fsp3) is 0.158. The average Bonchev–Trinajstić information content (AvgIpc) is 2.53. The first-order valence-corrected chi connectivity index (χ1v) is 7.11. The highest BCUT2D eigenvalue weighted by atomic mass is 16.5. The van der Waals surface area contributed by atoms with Gasteiger partial charge in [-0.15, -0.1) is 0 Å². The van der Waals surface area contributed by atoms with E-state index in [4.69, 9.17) is 4.74 Å². The lowest BCUT2D eigenvalue weighted by Crippen LogP contribution is -1.98. The Morgan fingerprint density at radius 2 is 1.71 bits per heavy atom. The average molecular weight is 278 g/mol. The lowest BCUT2D eigenvalue weighted by Gasteiger charge is -2.11. The van der Waals surface area contributed by atoms with E-state index in [1.54, 1.807) is 6.92 Å². The van der Waals surface area contributed by atoms with Crippen LogP contribution in [0.3, 0.4) is 0 Å². The quantitative estimate of drug-likeness (QED) is 0.763. The highest BCUT2D eigenvalue weighted by Crippen LogP contribution is 2.22. The number of hydrogen-bond acceptors (Lipinski definition) is 2. The molecule has 0 bridgehead atoms. The van der Waals surface area contributed by atoms with Gasteiger partial charge in [-0.2, -0.15) is 0 Å². The minimum absolute atomic E-state index is 0.480. The Morgan fingerprint density at radius 1 is 0.952 bits per heavy atom.